The smallest absolute Gasteiger partial charge is 0.242 e. The van der Waals surface area contributed by atoms with E-state index in [2.05, 4.69) is 30.6 Å². The Hall–Kier alpha value is -2.20. The van der Waals surface area contributed by atoms with Gasteiger partial charge in [-0.2, -0.15) is 0 Å². The molecule has 0 radical (unpaired) electrons. The van der Waals surface area contributed by atoms with E-state index in [9.17, 15) is 13.2 Å². The highest BCUT2D eigenvalue weighted by Gasteiger charge is 2.18. The van der Waals surface area contributed by atoms with Crippen LogP contribution in [0.2, 0.25) is 0 Å². The minimum absolute atomic E-state index is 0.0563. The Morgan fingerprint density at radius 3 is 2.92 bits per heavy atom. The summed E-state index contributed by atoms with van der Waals surface area (Å²) in [7, 11) is -1.92. The fraction of sp³-hybridized carbons (Fsp3) is 0.500. The first kappa shape index (κ1) is 18.1. The number of rotatable bonds is 6. The lowest BCUT2D eigenvalue weighted by atomic mass is 10.1. The summed E-state index contributed by atoms with van der Waals surface area (Å²) >= 11 is 0. The highest BCUT2D eigenvalue weighted by molar-refractivity contribution is 7.89. The molecule has 1 aromatic heterocycles. The van der Waals surface area contributed by atoms with E-state index in [4.69, 9.17) is 0 Å². The second kappa shape index (κ2) is 8.60. The van der Waals surface area contributed by atoms with Gasteiger partial charge in [0, 0.05) is 51.5 Å². The zero-order valence-electron chi connectivity index (χ0n) is 13.4. The summed E-state index contributed by atoms with van der Waals surface area (Å²) in [5.74, 6) is 0.623. The molecule has 1 saturated heterocycles. The number of piperidine rings is 1. The summed E-state index contributed by atoms with van der Waals surface area (Å²) in [6.45, 7) is 1.13. The van der Waals surface area contributed by atoms with Crippen LogP contribution in [-0.4, -0.2) is 58.0 Å². The van der Waals surface area contributed by atoms with Gasteiger partial charge in [-0.05, 0) is 18.6 Å². The van der Waals surface area contributed by atoms with Crippen molar-refractivity contribution in [1.82, 2.24) is 25.7 Å². The van der Waals surface area contributed by atoms with Crippen molar-refractivity contribution in [2.24, 2.45) is 4.99 Å². The Labute approximate surface area is 141 Å². The van der Waals surface area contributed by atoms with Crippen LogP contribution in [0.3, 0.4) is 0 Å². The van der Waals surface area contributed by atoms with Crippen LogP contribution in [0.15, 0.2) is 34.4 Å². The first-order chi connectivity index (χ1) is 11.5. The molecule has 1 aromatic rings. The summed E-state index contributed by atoms with van der Waals surface area (Å²) in [5, 5.41) is 9.01. The van der Waals surface area contributed by atoms with Crippen LogP contribution in [-0.2, 0) is 14.8 Å². The second-order valence-electron chi connectivity index (χ2n) is 5.27. The number of nitrogens with one attached hydrogen (secondary N) is 4. The lowest BCUT2D eigenvalue weighted by molar-refractivity contribution is -0.122. The van der Waals surface area contributed by atoms with E-state index >= 15 is 0 Å². The molecule has 2 rings (SSSR count). The van der Waals surface area contributed by atoms with Gasteiger partial charge < -0.3 is 16.0 Å². The molecule has 1 aliphatic heterocycles. The Morgan fingerprint density at radius 1 is 1.46 bits per heavy atom. The highest BCUT2D eigenvalue weighted by atomic mass is 32.2. The van der Waals surface area contributed by atoms with Crippen molar-refractivity contribution < 1.29 is 13.2 Å². The lowest BCUT2D eigenvalue weighted by Gasteiger charge is -2.25. The number of aromatic nitrogens is 1. The third-order valence-corrected chi connectivity index (χ3v) is 4.93. The van der Waals surface area contributed by atoms with Gasteiger partial charge in [-0.1, -0.05) is 0 Å². The summed E-state index contributed by atoms with van der Waals surface area (Å²) < 4.78 is 26.6. The topological polar surface area (TPSA) is 125 Å². The van der Waals surface area contributed by atoms with Crippen molar-refractivity contribution in [3.05, 3.63) is 24.5 Å². The van der Waals surface area contributed by atoms with E-state index in [1.807, 2.05) is 0 Å². The van der Waals surface area contributed by atoms with Crippen LogP contribution in [0.5, 0.6) is 0 Å². The Balaban J connectivity index is 1.73. The van der Waals surface area contributed by atoms with Crippen LogP contribution in [0.25, 0.3) is 0 Å². The molecule has 10 heteroatoms. The first-order valence-corrected chi connectivity index (χ1v) is 9.13. The molecule has 0 saturated carbocycles. The molecule has 1 fully saturated rings. The maximum atomic E-state index is 12.0. The van der Waals surface area contributed by atoms with Crippen molar-refractivity contribution in [1.29, 1.82) is 0 Å². The number of carbonyl (C=O) groups excluding carboxylic acids is 1. The van der Waals surface area contributed by atoms with Crippen molar-refractivity contribution in [2.45, 2.75) is 23.8 Å². The second-order valence-corrected chi connectivity index (χ2v) is 7.04. The predicted octanol–water partition coefficient (Wildman–Crippen LogP) is -1.20. The number of pyridine rings is 1. The largest absolute Gasteiger partial charge is 0.355 e. The van der Waals surface area contributed by atoms with E-state index in [0.29, 0.717) is 25.5 Å². The molecule has 4 N–H and O–H groups in total. The number of carbonyl (C=O) groups is 1. The number of aliphatic imine (C=N–C) groups is 1. The Morgan fingerprint density at radius 2 is 2.29 bits per heavy atom. The zero-order chi connectivity index (χ0) is 17.4. The molecule has 9 nitrogen and oxygen atoms in total. The molecule has 2 heterocycles. The van der Waals surface area contributed by atoms with E-state index in [1.165, 1.54) is 18.5 Å². The number of hydrogen-bond donors (Lipinski definition) is 4. The average molecular weight is 354 g/mol. The van der Waals surface area contributed by atoms with Gasteiger partial charge in [0.25, 0.3) is 0 Å². The van der Waals surface area contributed by atoms with Gasteiger partial charge >= 0.3 is 0 Å². The number of guanidine groups is 1. The van der Waals surface area contributed by atoms with Crippen LogP contribution < -0.4 is 20.7 Å². The van der Waals surface area contributed by atoms with Gasteiger partial charge in [0.05, 0.1) is 0 Å². The number of nitrogens with zero attached hydrogens (tertiary/aromatic N) is 2. The molecule has 1 atom stereocenters. The monoisotopic (exact) mass is 354 g/mol. The molecular weight excluding hydrogens is 332 g/mol. The van der Waals surface area contributed by atoms with Crippen LogP contribution in [0.4, 0.5) is 0 Å². The van der Waals surface area contributed by atoms with E-state index < -0.39 is 10.0 Å². The Kier molecular flexibility index (Phi) is 6.50. The number of hydrogen-bond acceptors (Lipinski definition) is 5. The molecular formula is C14H22N6O3S. The minimum Gasteiger partial charge on any atom is -0.355 e. The van der Waals surface area contributed by atoms with Crippen molar-refractivity contribution in [3.63, 3.8) is 0 Å². The number of amides is 1. The maximum Gasteiger partial charge on any atom is 0.242 e. The molecule has 0 bridgehead atoms. The predicted molar refractivity (Wildman–Crippen MR) is 90.0 cm³/mol. The van der Waals surface area contributed by atoms with Gasteiger partial charge in [0.2, 0.25) is 15.9 Å². The summed E-state index contributed by atoms with van der Waals surface area (Å²) in [6, 6.07) is 3.17. The normalized spacial score (nSPS) is 18.8. The van der Waals surface area contributed by atoms with Crippen LogP contribution in [0, 0.1) is 0 Å². The van der Waals surface area contributed by atoms with E-state index in [1.54, 1.807) is 13.1 Å². The molecule has 1 unspecified atom stereocenters. The highest BCUT2D eigenvalue weighted by Crippen LogP contribution is 2.04. The molecule has 0 aliphatic carbocycles. The molecule has 1 aliphatic rings. The third-order valence-electron chi connectivity index (χ3n) is 3.48. The number of sulfonamides is 1. The van der Waals surface area contributed by atoms with Gasteiger partial charge in [0.15, 0.2) is 5.96 Å². The molecule has 0 aromatic carbocycles. The van der Waals surface area contributed by atoms with Crippen molar-refractivity contribution >= 4 is 21.9 Å². The molecule has 0 spiro atoms. The molecule has 1 amide bonds. The van der Waals surface area contributed by atoms with E-state index in [-0.39, 0.29) is 23.4 Å². The average Bonchev–Trinajstić information content (AvgIpc) is 2.60. The minimum atomic E-state index is -3.56. The summed E-state index contributed by atoms with van der Waals surface area (Å²) in [4.78, 5) is 19.1. The first-order valence-electron chi connectivity index (χ1n) is 7.65. The van der Waals surface area contributed by atoms with Crippen LogP contribution in [0.1, 0.15) is 12.8 Å². The fourth-order valence-corrected chi connectivity index (χ4v) is 3.19. The van der Waals surface area contributed by atoms with Gasteiger partial charge in [0.1, 0.15) is 4.90 Å². The SMILES string of the molecule is CN=C(NCCNS(=O)(=O)c1cccnc1)NC1CCC(=O)NC1. The van der Waals surface area contributed by atoms with Crippen LogP contribution >= 0.6 is 0 Å². The summed E-state index contributed by atoms with van der Waals surface area (Å²) in [5.41, 5.74) is 0. The van der Waals surface area contributed by atoms with Gasteiger partial charge in [-0.3, -0.25) is 14.8 Å². The summed E-state index contributed by atoms with van der Waals surface area (Å²) in [6.07, 6.45) is 4.04. The van der Waals surface area contributed by atoms with E-state index in [0.717, 1.165) is 6.42 Å². The molecule has 132 valence electrons. The zero-order valence-corrected chi connectivity index (χ0v) is 14.3. The fourth-order valence-electron chi connectivity index (χ4n) is 2.20. The maximum absolute atomic E-state index is 12.0. The quantitative estimate of drug-likeness (QED) is 0.289. The lowest BCUT2D eigenvalue weighted by Crippen LogP contribution is -2.52. The third kappa shape index (κ3) is 5.46. The standard InChI is InChI=1S/C14H22N6O3S/c1-15-14(20-11-4-5-13(21)18-9-11)17-7-8-19-24(22,23)12-3-2-6-16-10-12/h2-3,6,10-11,19H,4-5,7-9H2,1H3,(H,18,21)(H2,15,17,20). The van der Waals surface area contributed by atoms with Gasteiger partial charge in [-0.25, -0.2) is 13.1 Å². The van der Waals surface area contributed by atoms with Crippen molar-refractivity contribution in [2.75, 3.05) is 26.7 Å². The van der Waals surface area contributed by atoms with Crippen molar-refractivity contribution in [3.8, 4) is 0 Å². The molecule has 24 heavy (non-hydrogen) atoms. The Bertz CT molecular complexity index is 667. The van der Waals surface area contributed by atoms with Gasteiger partial charge in [-0.15, -0.1) is 0 Å².